The fourth-order valence-electron chi connectivity index (χ4n) is 2.75. The van der Waals surface area contributed by atoms with E-state index in [1.54, 1.807) is 12.1 Å². The van der Waals surface area contributed by atoms with E-state index < -0.39 is 16.1 Å². The summed E-state index contributed by atoms with van der Waals surface area (Å²) in [5.74, 6) is -0.0396. The highest BCUT2D eigenvalue weighted by atomic mass is 32.2. The van der Waals surface area contributed by atoms with Gasteiger partial charge < -0.3 is 0 Å². The first-order valence-corrected chi connectivity index (χ1v) is 8.41. The van der Waals surface area contributed by atoms with E-state index in [2.05, 4.69) is 6.07 Å². The summed E-state index contributed by atoms with van der Waals surface area (Å²) in [6, 6.07) is 10.7. The molecule has 1 fully saturated rings. The van der Waals surface area contributed by atoms with Gasteiger partial charge in [0.05, 0.1) is 11.8 Å². The van der Waals surface area contributed by atoms with Crippen LogP contribution in [0.4, 0.5) is 0 Å². The van der Waals surface area contributed by atoms with Gasteiger partial charge in [-0.05, 0) is 23.8 Å². The molecule has 108 valence electrons. The lowest BCUT2D eigenvalue weighted by atomic mass is 9.78. The molecule has 0 amide bonds. The van der Waals surface area contributed by atoms with Crippen LogP contribution in [0.1, 0.15) is 32.3 Å². The molecule has 1 aliphatic heterocycles. The topological polar surface area (TPSA) is 61.2 Å². The van der Waals surface area contributed by atoms with E-state index in [1.165, 1.54) is 4.31 Å². The second-order valence-corrected chi connectivity index (χ2v) is 7.90. The first-order chi connectivity index (χ1) is 9.37. The molecule has 0 aliphatic carbocycles. The van der Waals surface area contributed by atoms with E-state index in [0.717, 1.165) is 18.4 Å². The van der Waals surface area contributed by atoms with Crippen LogP contribution in [-0.4, -0.2) is 25.3 Å². The van der Waals surface area contributed by atoms with E-state index >= 15 is 0 Å². The van der Waals surface area contributed by atoms with Crippen molar-refractivity contribution in [1.29, 1.82) is 5.26 Å². The molecule has 4 nitrogen and oxygen atoms in total. The maximum atomic E-state index is 12.6. The van der Waals surface area contributed by atoms with Crippen molar-refractivity contribution in [3.63, 3.8) is 0 Å². The standard InChI is InChI=1S/C15H20N2O2S/c1-15(2)9-6-10-17(14(15)11-16)20(18,19)12-13-7-4-3-5-8-13/h3-5,7-8,14H,6,9-10,12H2,1-2H3. The molecule has 1 aromatic carbocycles. The molecule has 1 atom stereocenters. The molecular weight excluding hydrogens is 272 g/mol. The highest BCUT2D eigenvalue weighted by molar-refractivity contribution is 7.88. The van der Waals surface area contributed by atoms with Gasteiger partial charge in [-0.1, -0.05) is 44.2 Å². The Bertz CT molecular complexity index is 603. The number of nitrogens with zero attached hydrogens (tertiary/aromatic N) is 2. The van der Waals surface area contributed by atoms with Gasteiger partial charge in [0.15, 0.2) is 0 Å². The molecule has 20 heavy (non-hydrogen) atoms. The largest absolute Gasteiger partial charge is 0.219 e. The summed E-state index contributed by atoms with van der Waals surface area (Å²) >= 11 is 0. The molecule has 0 saturated carbocycles. The highest BCUT2D eigenvalue weighted by Gasteiger charge is 2.43. The molecule has 1 unspecified atom stereocenters. The molecule has 5 heteroatoms. The van der Waals surface area contributed by atoms with Crippen LogP contribution >= 0.6 is 0 Å². The van der Waals surface area contributed by atoms with Crippen molar-refractivity contribution in [2.45, 2.75) is 38.5 Å². The molecule has 1 aliphatic rings. The first kappa shape index (κ1) is 15.0. The molecule has 1 saturated heterocycles. The van der Waals surface area contributed by atoms with Crippen molar-refractivity contribution >= 4 is 10.0 Å². The zero-order chi connectivity index (χ0) is 14.8. The number of hydrogen-bond donors (Lipinski definition) is 0. The van der Waals surface area contributed by atoms with Gasteiger partial charge in [-0.2, -0.15) is 9.57 Å². The Morgan fingerprint density at radius 2 is 2.00 bits per heavy atom. The summed E-state index contributed by atoms with van der Waals surface area (Å²) in [6.07, 6.45) is 1.68. The third-order valence-electron chi connectivity index (χ3n) is 3.90. The Balaban J connectivity index is 2.27. The summed E-state index contributed by atoms with van der Waals surface area (Å²) in [4.78, 5) is 0. The van der Waals surface area contributed by atoms with Gasteiger partial charge in [-0.15, -0.1) is 0 Å². The van der Waals surface area contributed by atoms with Crippen LogP contribution in [0.3, 0.4) is 0 Å². The molecule has 0 N–H and O–H groups in total. The van der Waals surface area contributed by atoms with Gasteiger partial charge in [0.1, 0.15) is 6.04 Å². The SMILES string of the molecule is CC1(C)CCCN(S(=O)(=O)Cc2ccccc2)C1C#N. The molecule has 0 bridgehead atoms. The predicted molar refractivity (Wildman–Crippen MR) is 78.2 cm³/mol. The van der Waals surface area contributed by atoms with Crippen molar-refractivity contribution in [1.82, 2.24) is 4.31 Å². The monoisotopic (exact) mass is 292 g/mol. The quantitative estimate of drug-likeness (QED) is 0.860. The van der Waals surface area contributed by atoms with Crippen molar-refractivity contribution in [2.75, 3.05) is 6.54 Å². The molecule has 0 radical (unpaired) electrons. The van der Waals surface area contributed by atoms with E-state index in [0.29, 0.717) is 6.54 Å². The first-order valence-electron chi connectivity index (χ1n) is 6.80. The highest BCUT2D eigenvalue weighted by Crippen LogP contribution is 2.36. The third kappa shape index (κ3) is 3.02. The Hall–Kier alpha value is -1.38. The number of hydrogen-bond acceptors (Lipinski definition) is 3. The maximum Gasteiger partial charge on any atom is 0.219 e. The summed E-state index contributed by atoms with van der Waals surface area (Å²) in [5, 5.41) is 9.37. The Labute approximate surface area is 121 Å². The van der Waals surface area contributed by atoms with Crippen LogP contribution in [0.25, 0.3) is 0 Å². The Morgan fingerprint density at radius 3 is 2.60 bits per heavy atom. The van der Waals surface area contributed by atoms with E-state index in [-0.39, 0.29) is 11.2 Å². The minimum atomic E-state index is -3.46. The number of piperidine rings is 1. The molecule has 0 aromatic heterocycles. The Kier molecular flexibility index (Phi) is 4.17. The minimum Gasteiger partial charge on any atom is -0.212 e. The minimum absolute atomic E-state index is 0.0396. The van der Waals surface area contributed by atoms with Crippen LogP contribution in [0.5, 0.6) is 0 Å². The second-order valence-electron chi connectivity index (χ2n) is 5.98. The van der Waals surface area contributed by atoms with E-state index in [1.807, 2.05) is 32.0 Å². The van der Waals surface area contributed by atoms with E-state index in [4.69, 9.17) is 0 Å². The van der Waals surface area contributed by atoms with Crippen LogP contribution in [-0.2, 0) is 15.8 Å². The number of benzene rings is 1. The van der Waals surface area contributed by atoms with Gasteiger partial charge in [-0.25, -0.2) is 8.42 Å². The average molecular weight is 292 g/mol. The third-order valence-corrected chi connectivity index (χ3v) is 5.71. The zero-order valence-corrected chi connectivity index (χ0v) is 12.7. The molecule has 2 rings (SSSR count). The van der Waals surface area contributed by atoms with Crippen molar-refractivity contribution in [2.24, 2.45) is 5.41 Å². The smallest absolute Gasteiger partial charge is 0.212 e. The van der Waals surface area contributed by atoms with Crippen LogP contribution in [0.2, 0.25) is 0 Å². The fraction of sp³-hybridized carbons (Fsp3) is 0.533. The van der Waals surface area contributed by atoms with E-state index in [9.17, 15) is 13.7 Å². The van der Waals surface area contributed by atoms with Crippen LogP contribution in [0, 0.1) is 16.7 Å². The summed E-state index contributed by atoms with van der Waals surface area (Å²) in [5.41, 5.74) is 0.462. The molecule has 1 heterocycles. The normalized spacial score (nSPS) is 23.1. The maximum absolute atomic E-state index is 12.6. The van der Waals surface area contributed by atoms with Crippen molar-refractivity contribution < 1.29 is 8.42 Å². The zero-order valence-electron chi connectivity index (χ0n) is 11.9. The van der Waals surface area contributed by atoms with Gasteiger partial charge in [-0.3, -0.25) is 0 Å². The van der Waals surface area contributed by atoms with Gasteiger partial charge in [0.25, 0.3) is 0 Å². The number of nitriles is 1. The lowest BCUT2D eigenvalue weighted by Crippen LogP contribution is -2.51. The van der Waals surface area contributed by atoms with Crippen molar-refractivity contribution in [3.05, 3.63) is 35.9 Å². The number of rotatable bonds is 3. The average Bonchev–Trinajstić information content (AvgIpc) is 2.38. The summed E-state index contributed by atoms with van der Waals surface area (Å²) in [6.45, 7) is 4.37. The van der Waals surface area contributed by atoms with Gasteiger partial charge in [0, 0.05) is 6.54 Å². The van der Waals surface area contributed by atoms with Gasteiger partial charge >= 0.3 is 0 Å². The second kappa shape index (κ2) is 5.55. The molecule has 0 spiro atoms. The molecule has 1 aromatic rings. The number of sulfonamides is 1. The fourth-order valence-corrected chi connectivity index (χ4v) is 4.59. The van der Waals surface area contributed by atoms with Crippen LogP contribution < -0.4 is 0 Å². The van der Waals surface area contributed by atoms with Crippen LogP contribution in [0.15, 0.2) is 30.3 Å². The predicted octanol–water partition coefficient (Wildman–Crippen LogP) is 2.53. The summed E-state index contributed by atoms with van der Waals surface area (Å²) in [7, 11) is -3.46. The lowest BCUT2D eigenvalue weighted by Gasteiger charge is -2.41. The summed E-state index contributed by atoms with van der Waals surface area (Å²) < 4.78 is 26.6. The van der Waals surface area contributed by atoms with Crippen molar-refractivity contribution in [3.8, 4) is 6.07 Å². The Morgan fingerprint density at radius 1 is 1.35 bits per heavy atom. The molecular formula is C15H20N2O2S. The van der Waals surface area contributed by atoms with Gasteiger partial charge in [0.2, 0.25) is 10.0 Å². The lowest BCUT2D eigenvalue weighted by molar-refractivity contribution is 0.139.